The van der Waals surface area contributed by atoms with E-state index in [2.05, 4.69) is 69.2 Å². The minimum atomic E-state index is 0.722. The zero-order chi connectivity index (χ0) is 15.0. The third kappa shape index (κ3) is 7.06. The predicted octanol–water partition coefficient (Wildman–Crippen LogP) is 3.56. The van der Waals surface area contributed by atoms with Crippen molar-refractivity contribution in [3.63, 3.8) is 0 Å². The number of nitrogens with zero attached hydrogens (tertiary/aromatic N) is 1. The quantitative estimate of drug-likeness (QED) is 0.694. The minimum absolute atomic E-state index is 0.722. The van der Waals surface area contributed by atoms with Gasteiger partial charge in [-0.25, -0.2) is 0 Å². The van der Waals surface area contributed by atoms with Crippen molar-refractivity contribution in [1.82, 2.24) is 10.2 Å². The van der Waals surface area contributed by atoms with E-state index in [1.54, 1.807) is 0 Å². The SMILES string of the molecule is CC(C)CNCCc1ccccc1CN(C)CC(C)C. The molecule has 0 aliphatic heterocycles. The van der Waals surface area contributed by atoms with Gasteiger partial charge in [0.25, 0.3) is 0 Å². The van der Waals surface area contributed by atoms with Crippen LogP contribution in [0.4, 0.5) is 0 Å². The molecular weight excluding hydrogens is 244 g/mol. The Kier molecular flexibility index (Phi) is 7.86. The van der Waals surface area contributed by atoms with Gasteiger partial charge in [-0.05, 0) is 49.5 Å². The first-order valence-corrected chi connectivity index (χ1v) is 7.95. The second kappa shape index (κ2) is 9.15. The summed E-state index contributed by atoms with van der Waals surface area (Å²) in [5.74, 6) is 1.45. The summed E-state index contributed by atoms with van der Waals surface area (Å²) in [4.78, 5) is 2.42. The van der Waals surface area contributed by atoms with Crippen LogP contribution >= 0.6 is 0 Å². The smallest absolute Gasteiger partial charge is 0.0233 e. The third-order valence-corrected chi connectivity index (χ3v) is 3.36. The largest absolute Gasteiger partial charge is 0.316 e. The van der Waals surface area contributed by atoms with Crippen molar-refractivity contribution in [3.8, 4) is 0 Å². The van der Waals surface area contributed by atoms with E-state index in [-0.39, 0.29) is 0 Å². The average molecular weight is 276 g/mol. The van der Waals surface area contributed by atoms with Crippen molar-refractivity contribution >= 4 is 0 Å². The maximum atomic E-state index is 3.53. The Morgan fingerprint density at radius 1 is 1.00 bits per heavy atom. The molecule has 0 unspecified atom stereocenters. The molecule has 0 aliphatic carbocycles. The summed E-state index contributed by atoms with van der Waals surface area (Å²) in [6.45, 7) is 13.4. The van der Waals surface area contributed by atoms with E-state index < -0.39 is 0 Å². The normalized spacial score (nSPS) is 11.8. The first-order chi connectivity index (χ1) is 9.49. The van der Waals surface area contributed by atoms with Gasteiger partial charge in [-0.2, -0.15) is 0 Å². The lowest BCUT2D eigenvalue weighted by Gasteiger charge is -2.21. The summed E-state index contributed by atoms with van der Waals surface area (Å²) in [5.41, 5.74) is 2.96. The van der Waals surface area contributed by atoms with Crippen LogP contribution in [0.2, 0.25) is 0 Å². The standard InChI is InChI=1S/C18H32N2/c1-15(2)12-19-11-10-17-8-6-7-9-18(17)14-20(5)13-16(3)4/h6-9,15-16,19H,10-14H2,1-5H3. The predicted molar refractivity (Wildman–Crippen MR) is 89.0 cm³/mol. The molecule has 0 heterocycles. The highest BCUT2D eigenvalue weighted by Gasteiger charge is 2.06. The second-order valence-corrected chi connectivity index (χ2v) is 6.71. The van der Waals surface area contributed by atoms with Crippen LogP contribution in [-0.2, 0) is 13.0 Å². The molecule has 20 heavy (non-hydrogen) atoms. The van der Waals surface area contributed by atoms with Gasteiger partial charge in [0.1, 0.15) is 0 Å². The summed E-state index contributed by atoms with van der Waals surface area (Å²) in [6, 6.07) is 8.86. The highest BCUT2D eigenvalue weighted by Crippen LogP contribution is 2.12. The van der Waals surface area contributed by atoms with Crippen molar-refractivity contribution in [2.24, 2.45) is 11.8 Å². The van der Waals surface area contributed by atoms with E-state index in [1.165, 1.54) is 11.1 Å². The molecule has 0 saturated heterocycles. The van der Waals surface area contributed by atoms with E-state index in [1.807, 2.05) is 0 Å². The molecule has 0 radical (unpaired) electrons. The van der Waals surface area contributed by atoms with Crippen molar-refractivity contribution < 1.29 is 0 Å². The van der Waals surface area contributed by atoms with Crippen LogP contribution in [0.3, 0.4) is 0 Å². The lowest BCUT2D eigenvalue weighted by molar-refractivity contribution is 0.287. The number of rotatable bonds is 9. The Morgan fingerprint density at radius 2 is 1.65 bits per heavy atom. The molecule has 1 aromatic rings. The summed E-state index contributed by atoms with van der Waals surface area (Å²) >= 11 is 0. The summed E-state index contributed by atoms with van der Waals surface area (Å²) in [6.07, 6.45) is 1.12. The Labute approximate surface area is 125 Å². The molecule has 2 nitrogen and oxygen atoms in total. The Bertz CT molecular complexity index is 371. The molecule has 0 amide bonds. The highest BCUT2D eigenvalue weighted by atomic mass is 15.1. The molecule has 1 rings (SSSR count). The fourth-order valence-corrected chi connectivity index (χ4v) is 2.55. The summed E-state index contributed by atoms with van der Waals surface area (Å²) in [7, 11) is 2.22. The molecule has 0 spiro atoms. The Morgan fingerprint density at radius 3 is 2.25 bits per heavy atom. The molecular formula is C18H32N2. The fourth-order valence-electron chi connectivity index (χ4n) is 2.55. The number of hydrogen-bond acceptors (Lipinski definition) is 2. The van der Waals surface area contributed by atoms with Crippen molar-refractivity contribution in [1.29, 1.82) is 0 Å². The topological polar surface area (TPSA) is 15.3 Å². The first kappa shape index (κ1) is 17.2. The van der Waals surface area contributed by atoms with Crippen LogP contribution in [-0.4, -0.2) is 31.6 Å². The molecule has 1 N–H and O–H groups in total. The van der Waals surface area contributed by atoms with E-state index in [4.69, 9.17) is 0 Å². The molecule has 114 valence electrons. The molecule has 2 heteroatoms. The van der Waals surface area contributed by atoms with Crippen LogP contribution in [0.5, 0.6) is 0 Å². The van der Waals surface area contributed by atoms with Gasteiger partial charge in [0.15, 0.2) is 0 Å². The average Bonchev–Trinajstić information content (AvgIpc) is 2.35. The van der Waals surface area contributed by atoms with E-state index in [0.29, 0.717) is 0 Å². The minimum Gasteiger partial charge on any atom is -0.316 e. The van der Waals surface area contributed by atoms with Gasteiger partial charge in [-0.3, -0.25) is 0 Å². The van der Waals surface area contributed by atoms with Crippen LogP contribution in [0.1, 0.15) is 38.8 Å². The number of benzene rings is 1. The van der Waals surface area contributed by atoms with Crippen LogP contribution in [0.15, 0.2) is 24.3 Å². The zero-order valence-electron chi connectivity index (χ0n) is 13.9. The molecule has 0 bridgehead atoms. The van der Waals surface area contributed by atoms with Gasteiger partial charge < -0.3 is 10.2 Å². The Balaban J connectivity index is 2.50. The monoisotopic (exact) mass is 276 g/mol. The summed E-state index contributed by atoms with van der Waals surface area (Å²) < 4.78 is 0. The van der Waals surface area contributed by atoms with E-state index >= 15 is 0 Å². The van der Waals surface area contributed by atoms with Gasteiger partial charge in [0.2, 0.25) is 0 Å². The van der Waals surface area contributed by atoms with Crippen molar-refractivity contribution in [2.45, 2.75) is 40.7 Å². The van der Waals surface area contributed by atoms with Crippen molar-refractivity contribution in [3.05, 3.63) is 35.4 Å². The number of nitrogens with one attached hydrogen (secondary N) is 1. The molecule has 0 atom stereocenters. The zero-order valence-corrected chi connectivity index (χ0v) is 13.9. The molecule has 1 aromatic carbocycles. The van der Waals surface area contributed by atoms with Crippen LogP contribution < -0.4 is 5.32 Å². The van der Waals surface area contributed by atoms with Crippen LogP contribution in [0, 0.1) is 11.8 Å². The van der Waals surface area contributed by atoms with Crippen molar-refractivity contribution in [2.75, 3.05) is 26.7 Å². The molecule has 0 fully saturated rings. The molecule has 0 aromatic heterocycles. The lowest BCUT2D eigenvalue weighted by atomic mass is 10.0. The highest BCUT2D eigenvalue weighted by molar-refractivity contribution is 5.27. The fraction of sp³-hybridized carbons (Fsp3) is 0.667. The van der Waals surface area contributed by atoms with E-state index in [9.17, 15) is 0 Å². The second-order valence-electron chi connectivity index (χ2n) is 6.71. The van der Waals surface area contributed by atoms with Gasteiger partial charge >= 0.3 is 0 Å². The maximum absolute atomic E-state index is 3.53. The number of hydrogen-bond donors (Lipinski definition) is 1. The van der Waals surface area contributed by atoms with Crippen LogP contribution in [0.25, 0.3) is 0 Å². The molecule has 0 saturated carbocycles. The lowest BCUT2D eigenvalue weighted by Crippen LogP contribution is -2.25. The van der Waals surface area contributed by atoms with Gasteiger partial charge in [0, 0.05) is 13.1 Å². The first-order valence-electron chi connectivity index (χ1n) is 7.95. The maximum Gasteiger partial charge on any atom is 0.0233 e. The summed E-state index contributed by atoms with van der Waals surface area (Å²) in [5, 5.41) is 3.53. The van der Waals surface area contributed by atoms with Gasteiger partial charge in [0.05, 0.1) is 0 Å². The van der Waals surface area contributed by atoms with Gasteiger partial charge in [-0.1, -0.05) is 52.0 Å². The van der Waals surface area contributed by atoms with E-state index in [0.717, 1.165) is 44.4 Å². The van der Waals surface area contributed by atoms with Gasteiger partial charge in [-0.15, -0.1) is 0 Å². The molecule has 0 aliphatic rings. The third-order valence-electron chi connectivity index (χ3n) is 3.36. The Hall–Kier alpha value is -0.860.